The van der Waals surface area contributed by atoms with Crippen LogP contribution in [0.4, 0.5) is 0 Å². The maximum Gasteiger partial charge on any atom is 0.271 e. The molecular formula is C10H10N4O2S. The largest absolute Gasteiger partial charge is 0.350 e. The molecule has 0 unspecified atom stereocenters. The molecule has 0 aliphatic rings. The summed E-state index contributed by atoms with van der Waals surface area (Å²) in [5.41, 5.74) is 1.63. The number of carbonyl (C=O) groups excluding carboxylic acids is 1. The number of hydrogen-bond acceptors (Lipinski definition) is 5. The van der Waals surface area contributed by atoms with Crippen LogP contribution >= 0.6 is 11.3 Å². The van der Waals surface area contributed by atoms with Crippen molar-refractivity contribution in [1.29, 1.82) is 0 Å². The van der Waals surface area contributed by atoms with Crippen LogP contribution in [0.2, 0.25) is 0 Å². The average Bonchev–Trinajstić information content (AvgIpc) is 2.83. The van der Waals surface area contributed by atoms with Crippen LogP contribution in [0.5, 0.6) is 0 Å². The van der Waals surface area contributed by atoms with Gasteiger partial charge in [0.1, 0.15) is 5.69 Å². The van der Waals surface area contributed by atoms with Crippen molar-refractivity contribution in [1.82, 2.24) is 20.5 Å². The Labute approximate surface area is 101 Å². The van der Waals surface area contributed by atoms with E-state index >= 15 is 0 Å². The molecule has 0 spiro atoms. The Hall–Kier alpha value is -2.02. The predicted octanol–water partition coefficient (Wildman–Crippen LogP) is 0.199. The van der Waals surface area contributed by atoms with E-state index in [4.69, 9.17) is 0 Å². The Morgan fingerprint density at radius 2 is 2.35 bits per heavy atom. The van der Waals surface area contributed by atoms with Crippen molar-refractivity contribution < 1.29 is 4.79 Å². The number of H-pyrrole nitrogens is 1. The second-order valence-corrected chi connectivity index (χ2v) is 4.25. The molecule has 0 aliphatic carbocycles. The maximum absolute atomic E-state index is 11.6. The van der Waals surface area contributed by atoms with Gasteiger partial charge in [0.05, 0.1) is 5.51 Å². The normalized spacial score (nSPS) is 10.1. The third-order valence-electron chi connectivity index (χ3n) is 2.05. The third-order valence-corrected chi connectivity index (χ3v) is 2.89. The minimum Gasteiger partial charge on any atom is -0.350 e. The monoisotopic (exact) mass is 250 g/mol. The van der Waals surface area contributed by atoms with Gasteiger partial charge in [0.25, 0.3) is 11.5 Å². The molecule has 0 saturated heterocycles. The summed E-state index contributed by atoms with van der Waals surface area (Å²) in [4.78, 5) is 27.4. The Balaban J connectivity index is 1.85. The van der Waals surface area contributed by atoms with Crippen molar-refractivity contribution in [2.45, 2.75) is 6.42 Å². The first kappa shape index (κ1) is 11.5. The lowest BCUT2D eigenvalue weighted by atomic mass is 10.3. The van der Waals surface area contributed by atoms with Crippen molar-refractivity contribution in [3.8, 4) is 0 Å². The van der Waals surface area contributed by atoms with Gasteiger partial charge in [0.15, 0.2) is 0 Å². The second-order valence-electron chi connectivity index (χ2n) is 3.28. The first-order chi connectivity index (χ1) is 8.25. The highest BCUT2D eigenvalue weighted by Gasteiger charge is 2.06. The van der Waals surface area contributed by atoms with Crippen molar-refractivity contribution in [2.24, 2.45) is 0 Å². The Bertz CT molecular complexity index is 529. The van der Waals surface area contributed by atoms with Gasteiger partial charge in [-0.2, -0.15) is 5.10 Å². The molecule has 0 bridgehead atoms. The van der Waals surface area contributed by atoms with E-state index in [0.29, 0.717) is 6.54 Å². The van der Waals surface area contributed by atoms with E-state index in [1.807, 2.05) is 0 Å². The summed E-state index contributed by atoms with van der Waals surface area (Å²) in [6, 6.07) is 2.66. The summed E-state index contributed by atoms with van der Waals surface area (Å²) in [5.74, 6) is -0.300. The van der Waals surface area contributed by atoms with Crippen LogP contribution in [0.25, 0.3) is 0 Å². The number of carbonyl (C=O) groups is 1. The zero-order valence-electron chi connectivity index (χ0n) is 8.84. The molecule has 0 fully saturated rings. The molecule has 2 rings (SSSR count). The predicted molar refractivity (Wildman–Crippen MR) is 63.0 cm³/mol. The summed E-state index contributed by atoms with van der Waals surface area (Å²) in [6.07, 6.45) is 2.51. The molecule has 7 heteroatoms. The van der Waals surface area contributed by atoms with Gasteiger partial charge in [-0.05, 0) is 6.07 Å². The summed E-state index contributed by atoms with van der Waals surface area (Å²) in [5, 5.41) is 8.56. The summed E-state index contributed by atoms with van der Waals surface area (Å²) >= 11 is 1.55. The van der Waals surface area contributed by atoms with Crippen LogP contribution in [0.3, 0.4) is 0 Å². The quantitative estimate of drug-likeness (QED) is 0.811. The highest BCUT2D eigenvalue weighted by molar-refractivity contribution is 7.09. The van der Waals surface area contributed by atoms with Gasteiger partial charge in [-0.1, -0.05) is 0 Å². The zero-order chi connectivity index (χ0) is 12.1. The highest BCUT2D eigenvalue weighted by Crippen LogP contribution is 2.04. The number of rotatable bonds is 4. The van der Waals surface area contributed by atoms with Gasteiger partial charge < -0.3 is 5.32 Å². The van der Waals surface area contributed by atoms with E-state index in [-0.39, 0.29) is 17.2 Å². The van der Waals surface area contributed by atoms with Gasteiger partial charge >= 0.3 is 0 Å². The molecule has 0 radical (unpaired) electrons. The molecule has 17 heavy (non-hydrogen) atoms. The average molecular weight is 250 g/mol. The topological polar surface area (TPSA) is 87.7 Å². The minimum absolute atomic E-state index is 0.203. The van der Waals surface area contributed by atoms with Crippen molar-refractivity contribution in [2.75, 3.05) is 6.54 Å². The van der Waals surface area contributed by atoms with Crippen LogP contribution < -0.4 is 10.9 Å². The molecule has 2 N–H and O–H groups in total. The van der Waals surface area contributed by atoms with Crippen molar-refractivity contribution in [3.63, 3.8) is 0 Å². The van der Waals surface area contributed by atoms with E-state index in [2.05, 4.69) is 20.5 Å². The number of aromatic nitrogens is 3. The first-order valence-corrected chi connectivity index (χ1v) is 5.85. The third kappa shape index (κ3) is 3.22. The van der Waals surface area contributed by atoms with E-state index in [9.17, 15) is 9.59 Å². The smallest absolute Gasteiger partial charge is 0.271 e. The maximum atomic E-state index is 11.6. The number of hydrogen-bond donors (Lipinski definition) is 2. The van der Waals surface area contributed by atoms with E-state index in [1.165, 1.54) is 12.1 Å². The van der Waals surface area contributed by atoms with Crippen LogP contribution in [0, 0.1) is 0 Å². The lowest BCUT2D eigenvalue weighted by Crippen LogP contribution is -2.27. The number of thiazole rings is 1. The Morgan fingerprint density at radius 3 is 3.00 bits per heavy atom. The zero-order valence-corrected chi connectivity index (χ0v) is 9.66. The van der Waals surface area contributed by atoms with Crippen LogP contribution in [-0.2, 0) is 6.42 Å². The van der Waals surface area contributed by atoms with Crippen molar-refractivity contribution in [3.05, 3.63) is 44.8 Å². The second kappa shape index (κ2) is 5.35. The SMILES string of the molecule is O=C(NCCc1cncs1)c1ccc(=O)[nH]n1. The Morgan fingerprint density at radius 1 is 1.47 bits per heavy atom. The molecular weight excluding hydrogens is 240 g/mol. The fourth-order valence-corrected chi connectivity index (χ4v) is 1.83. The summed E-state index contributed by atoms with van der Waals surface area (Å²) in [7, 11) is 0. The molecule has 2 aromatic rings. The van der Waals surface area contributed by atoms with Crippen LogP contribution in [0.1, 0.15) is 15.4 Å². The molecule has 0 atom stereocenters. The first-order valence-electron chi connectivity index (χ1n) is 4.97. The fourth-order valence-electron chi connectivity index (χ4n) is 1.23. The minimum atomic E-state index is -0.328. The highest BCUT2D eigenvalue weighted by atomic mass is 32.1. The van der Waals surface area contributed by atoms with Gasteiger partial charge in [0.2, 0.25) is 0 Å². The fraction of sp³-hybridized carbons (Fsp3) is 0.200. The van der Waals surface area contributed by atoms with Gasteiger partial charge in [-0.25, -0.2) is 5.10 Å². The summed E-state index contributed by atoms with van der Waals surface area (Å²) < 4.78 is 0. The standard InChI is InChI=1S/C10H10N4O2S/c15-9-2-1-8(13-14-9)10(16)12-4-3-7-5-11-6-17-7/h1-2,5-6H,3-4H2,(H,12,16)(H,14,15). The Kier molecular flexibility index (Phi) is 3.61. The molecule has 6 nitrogen and oxygen atoms in total. The van der Waals surface area contributed by atoms with E-state index in [1.54, 1.807) is 23.0 Å². The molecule has 1 amide bonds. The van der Waals surface area contributed by atoms with Crippen molar-refractivity contribution >= 4 is 17.2 Å². The molecule has 2 heterocycles. The van der Waals surface area contributed by atoms with Crippen LogP contribution in [0.15, 0.2) is 28.6 Å². The number of aromatic amines is 1. The number of nitrogens with zero attached hydrogens (tertiary/aromatic N) is 2. The number of amides is 1. The van der Waals surface area contributed by atoms with Gasteiger partial charge in [-0.3, -0.25) is 14.6 Å². The van der Waals surface area contributed by atoms with E-state index in [0.717, 1.165) is 11.3 Å². The molecule has 88 valence electrons. The molecule has 0 saturated carbocycles. The number of nitrogens with one attached hydrogen (secondary N) is 2. The van der Waals surface area contributed by atoms with E-state index < -0.39 is 0 Å². The van der Waals surface area contributed by atoms with Gasteiger partial charge in [0, 0.05) is 30.1 Å². The summed E-state index contributed by atoms with van der Waals surface area (Å²) in [6.45, 7) is 0.516. The molecule has 2 aromatic heterocycles. The molecule has 0 aromatic carbocycles. The van der Waals surface area contributed by atoms with Crippen LogP contribution in [-0.4, -0.2) is 27.6 Å². The van der Waals surface area contributed by atoms with Gasteiger partial charge in [-0.15, -0.1) is 11.3 Å². The molecule has 0 aliphatic heterocycles. The lowest BCUT2D eigenvalue weighted by molar-refractivity contribution is 0.0948. The lowest BCUT2D eigenvalue weighted by Gasteiger charge is -2.02.